The summed E-state index contributed by atoms with van der Waals surface area (Å²) in [6, 6.07) is 7.97. The predicted molar refractivity (Wildman–Crippen MR) is 118 cm³/mol. The molecule has 1 aromatic carbocycles. The van der Waals surface area contributed by atoms with Crippen molar-refractivity contribution in [2.75, 3.05) is 7.11 Å². The van der Waals surface area contributed by atoms with Gasteiger partial charge in [0.05, 0.1) is 32.0 Å². The molecule has 1 aromatic rings. The summed E-state index contributed by atoms with van der Waals surface area (Å²) in [6.45, 7) is 12.5. The summed E-state index contributed by atoms with van der Waals surface area (Å²) in [4.78, 5) is 11.5. The molecule has 1 aliphatic heterocycles. The molecule has 0 saturated carbocycles. The van der Waals surface area contributed by atoms with E-state index in [0.29, 0.717) is 25.4 Å². The first-order valence-corrected chi connectivity index (χ1v) is 10.9. The largest absolute Gasteiger partial charge is 0.497 e. The van der Waals surface area contributed by atoms with Crippen LogP contribution in [0.2, 0.25) is 0 Å². The predicted octanol–water partition coefficient (Wildman–Crippen LogP) is 5.32. The van der Waals surface area contributed by atoms with Crippen LogP contribution in [0.25, 0.3) is 0 Å². The lowest BCUT2D eigenvalue weighted by molar-refractivity contribution is -0.289. The summed E-state index contributed by atoms with van der Waals surface area (Å²) in [5, 5.41) is 0. The zero-order chi connectivity index (χ0) is 22.3. The van der Waals surface area contributed by atoms with E-state index in [4.69, 9.17) is 18.9 Å². The summed E-state index contributed by atoms with van der Waals surface area (Å²) >= 11 is 0. The van der Waals surface area contributed by atoms with Crippen LogP contribution in [0.4, 0.5) is 0 Å². The van der Waals surface area contributed by atoms with Crippen LogP contribution in [0.15, 0.2) is 36.4 Å². The Bertz CT molecular complexity index is 692. The fourth-order valence-corrected chi connectivity index (χ4v) is 3.99. The lowest BCUT2D eigenvalue weighted by atomic mass is 9.93. The maximum Gasteiger partial charge on any atom is 0.163 e. The normalized spacial score (nSPS) is 23.5. The van der Waals surface area contributed by atoms with Gasteiger partial charge in [0.15, 0.2) is 5.79 Å². The molecule has 0 radical (unpaired) electrons. The third-order valence-electron chi connectivity index (χ3n) is 5.30. The Balaban J connectivity index is 1.97. The minimum atomic E-state index is -0.696. The molecule has 0 unspecified atom stereocenters. The molecule has 168 valence electrons. The van der Waals surface area contributed by atoms with Crippen molar-refractivity contribution in [1.82, 2.24) is 0 Å². The van der Waals surface area contributed by atoms with Gasteiger partial charge in [-0.15, -0.1) is 0 Å². The molecule has 0 aromatic heterocycles. The van der Waals surface area contributed by atoms with E-state index in [1.54, 1.807) is 14.0 Å². The van der Waals surface area contributed by atoms with E-state index < -0.39 is 5.79 Å². The number of carbonyl (C=O) groups is 1. The molecule has 0 spiro atoms. The second-order valence-electron chi connectivity index (χ2n) is 9.05. The number of Topliss-reactive ketones (excluding diaryl/α,β-unsaturated/α-hetero) is 1. The van der Waals surface area contributed by atoms with Gasteiger partial charge >= 0.3 is 0 Å². The summed E-state index contributed by atoms with van der Waals surface area (Å²) in [6.07, 6.45) is 5.30. The second-order valence-corrected chi connectivity index (χ2v) is 9.05. The molecule has 5 heteroatoms. The molecule has 0 amide bonds. The number of carbonyl (C=O) groups excluding carboxylic acids is 1. The monoisotopic (exact) mass is 418 g/mol. The Morgan fingerprint density at radius 3 is 2.43 bits per heavy atom. The lowest BCUT2D eigenvalue weighted by Crippen LogP contribution is -2.44. The fourth-order valence-electron chi connectivity index (χ4n) is 3.99. The van der Waals surface area contributed by atoms with Crippen LogP contribution in [-0.2, 0) is 25.6 Å². The average Bonchev–Trinajstić information content (AvgIpc) is 2.65. The third kappa shape index (κ3) is 7.86. The van der Waals surface area contributed by atoms with Gasteiger partial charge in [-0.1, -0.05) is 45.1 Å². The number of ether oxygens (including phenoxy) is 4. The molecule has 5 nitrogen and oxygen atoms in total. The zero-order valence-corrected chi connectivity index (χ0v) is 19.5. The Labute approximate surface area is 181 Å². The first kappa shape index (κ1) is 24.6. The van der Waals surface area contributed by atoms with Crippen molar-refractivity contribution in [2.45, 2.75) is 85.1 Å². The minimum absolute atomic E-state index is 0.0741. The van der Waals surface area contributed by atoms with Crippen molar-refractivity contribution in [3.8, 4) is 5.75 Å². The van der Waals surface area contributed by atoms with E-state index in [1.807, 2.05) is 38.1 Å². The molecule has 0 aliphatic carbocycles. The third-order valence-corrected chi connectivity index (χ3v) is 5.30. The highest BCUT2D eigenvalue weighted by molar-refractivity contribution is 5.76. The Morgan fingerprint density at radius 1 is 1.20 bits per heavy atom. The minimum Gasteiger partial charge on any atom is -0.497 e. The van der Waals surface area contributed by atoms with Crippen molar-refractivity contribution in [3.05, 3.63) is 42.0 Å². The standard InChI is InChI=1S/C25H38O5/c1-17(2)24(28-16-20-9-12-21(27-7)13-10-20)18(3)8-11-22-15-23(14-19(4)26)30-25(5,6)29-22/h8-13,17-18,22-24H,14-16H2,1-7H3/b11-8+/t18-,22-,23+,24-/m0/s1. The number of rotatable bonds is 10. The maximum absolute atomic E-state index is 11.5. The van der Waals surface area contributed by atoms with Gasteiger partial charge in [0, 0.05) is 18.8 Å². The van der Waals surface area contributed by atoms with Gasteiger partial charge in [-0.05, 0) is 44.4 Å². The van der Waals surface area contributed by atoms with Gasteiger partial charge in [0.1, 0.15) is 11.5 Å². The molecule has 1 saturated heterocycles. The number of hydrogen-bond acceptors (Lipinski definition) is 5. The van der Waals surface area contributed by atoms with Crippen LogP contribution in [0, 0.1) is 11.8 Å². The van der Waals surface area contributed by atoms with Crippen LogP contribution in [0.1, 0.15) is 59.9 Å². The van der Waals surface area contributed by atoms with E-state index in [1.165, 1.54) is 0 Å². The van der Waals surface area contributed by atoms with Crippen LogP contribution in [0.5, 0.6) is 5.75 Å². The average molecular weight is 419 g/mol. The van der Waals surface area contributed by atoms with Crippen LogP contribution < -0.4 is 4.74 Å². The van der Waals surface area contributed by atoms with E-state index in [-0.39, 0.29) is 30.0 Å². The second kappa shape index (κ2) is 11.1. The Hall–Kier alpha value is -1.69. The van der Waals surface area contributed by atoms with Gasteiger partial charge in [0.2, 0.25) is 0 Å². The molecule has 30 heavy (non-hydrogen) atoms. The maximum atomic E-state index is 11.5. The first-order chi connectivity index (χ1) is 14.1. The van der Waals surface area contributed by atoms with E-state index >= 15 is 0 Å². The quantitative estimate of drug-likeness (QED) is 0.482. The van der Waals surface area contributed by atoms with Gasteiger partial charge in [-0.2, -0.15) is 0 Å². The van der Waals surface area contributed by atoms with E-state index in [0.717, 1.165) is 11.3 Å². The number of methoxy groups -OCH3 is 1. The summed E-state index contributed by atoms with van der Waals surface area (Å²) in [5.74, 6) is 0.891. The molecule has 0 bridgehead atoms. The van der Waals surface area contributed by atoms with Crippen LogP contribution in [0.3, 0.4) is 0 Å². The number of ketones is 1. The highest BCUT2D eigenvalue weighted by Crippen LogP contribution is 2.30. The molecule has 1 heterocycles. The SMILES string of the molecule is COc1ccc(CO[C@@H](C(C)C)[C@@H](C)/C=C/[C@H]2C[C@@H](CC(C)=O)OC(C)(C)O2)cc1. The molecule has 4 atom stereocenters. The Morgan fingerprint density at radius 2 is 1.87 bits per heavy atom. The van der Waals surface area contributed by atoms with Gasteiger partial charge in [-0.3, -0.25) is 4.79 Å². The Kier molecular flexibility index (Phi) is 9.08. The van der Waals surface area contributed by atoms with Crippen molar-refractivity contribution in [2.24, 2.45) is 11.8 Å². The topological polar surface area (TPSA) is 54.0 Å². The van der Waals surface area contributed by atoms with Crippen LogP contribution >= 0.6 is 0 Å². The van der Waals surface area contributed by atoms with Gasteiger partial charge in [-0.25, -0.2) is 0 Å². The van der Waals surface area contributed by atoms with Crippen molar-refractivity contribution >= 4 is 5.78 Å². The highest BCUT2D eigenvalue weighted by atomic mass is 16.7. The van der Waals surface area contributed by atoms with Gasteiger partial charge in [0.25, 0.3) is 0 Å². The molecular weight excluding hydrogens is 380 g/mol. The smallest absolute Gasteiger partial charge is 0.163 e. The molecule has 0 N–H and O–H groups in total. The van der Waals surface area contributed by atoms with Gasteiger partial charge < -0.3 is 18.9 Å². The number of hydrogen-bond donors (Lipinski definition) is 0. The van der Waals surface area contributed by atoms with Crippen molar-refractivity contribution in [3.63, 3.8) is 0 Å². The molecule has 1 aliphatic rings. The number of benzene rings is 1. The van der Waals surface area contributed by atoms with Crippen molar-refractivity contribution in [1.29, 1.82) is 0 Å². The molecule has 1 fully saturated rings. The zero-order valence-electron chi connectivity index (χ0n) is 19.5. The summed E-state index contributed by atoms with van der Waals surface area (Å²) in [5.41, 5.74) is 1.12. The van der Waals surface area contributed by atoms with Crippen LogP contribution in [-0.4, -0.2) is 37.0 Å². The molecular formula is C25H38O5. The molecule has 2 rings (SSSR count). The summed E-state index contributed by atoms with van der Waals surface area (Å²) in [7, 11) is 1.67. The highest BCUT2D eigenvalue weighted by Gasteiger charge is 2.35. The summed E-state index contributed by atoms with van der Waals surface area (Å²) < 4.78 is 23.4. The van der Waals surface area contributed by atoms with E-state index in [2.05, 4.69) is 32.9 Å². The van der Waals surface area contributed by atoms with E-state index in [9.17, 15) is 4.79 Å². The van der Waals surface area contributed by atoms with Crippen molar-refractivity contribution < 1.29 is 23.7 Å². The fraction of sp³-hybridized carbons (Fsp3) is 0.640. The first-order valence-electron chi connectivity index (χ1n) is 10.9. The lowest BCUT2D eigenvalue weighted by Gasteiger charge is -2.40.